The number of benzene rings is 2. The van der Waals surface area contributed by atoms with Crippen LogP contribution in [0.2, 0.25) is 0 Å². The summed E-state index contributed by atoms with van der Waals surface area (Å²) >= 11 is 1.15. The van der Waals surface area contributed by atoms with Crippen LogP contribution in [0.3, 0.4) is 0 Å². The molecule has 1 aliphatic rings. The van der Waals surface area contributed by atoms with Crippen LogP contribution >= 0.6 is 11.3 Å². The number of rotatable bonds is 7. The van der Waals surface area contributed by atoms with Gasteiger partial charge in [0.2, 0.25) is 0 Å². The highest BCUT2D eigenvalue weighted by atomic mass is 32.1. The van der Waals surface area contributed by atoms with E-state index < -0.39 is 16.9 Å². The highest BCUT2D eigenvalue weighted by molar-refractivity contribution is 7.07. The number of methoxy groups -OCH3 is 1. The van der Waals surface area contributed by atoms with E-state index in [9.17, 15) is 19.7 Å². The van der Waals surface area contributed by atoms with Gasteiger partial charge in [-0.15, -0.1) is 0 Å². The minimum absolute atomic E-state index is 0.0703. The summed E-state index contributed by atoms with van der Waals surface area (Å²) in [5, 5.41) is 11.6. The van der Waals surface area contributed by atoms with Crippen molar-refractivity contribution in [1.29, 1.82) is 0 Å². The number of aromatic nitrogens is 1. The first kappa shape index (κ1) is 26.8. The normalized spacial score (nSPS) is 15.0. The molecule has 204 valence electrons. The summed E-state index contributed by atoms with van der Waals surface area (Å²) in [5.41, 5.74) is 1.94. The molecule has 0 unspecified atom stereocenters. The molecule has 1 aliphatic heterocycles. The van der Waals surface area contributed by atoms with Gasteiger partial charge in [0.25, 0.3) is 11.2 Å². The maximum atomic E-state index is 13.8. The van der Waals surface area contributed by atoms with Crippen molar-refractivity contribution >= 4 is 29.1 Å². The van der Waals surface area contributed by atoms with E-state index in [-0.39, 0.29) is 23.4 Å². The molecule has 40 heavy (non-hydrogen) atoms. The highest BCUT2D eigenvalue weighted by Crippen LogP contribution is 2.36. The first-order valence-corrected chi connectivity index (χ1v) is 13.2. The topological polar surface area (TPSA) is 126 Å². The number of hydrogen-bond acceptors (Lipinski definition) is 9. The Morgan fingerprint density at radius 3 is 2.70 bits per heavy atom. The summed E-state index contributed by atoms with van der Waals surface area (Å²) in [5.74, 6) is 0.585. The van der Waals surface area contributed by atoms with Gasteiger partial charge in [-0.2, -0.15) is 0 Å². The fraction of sp³-hybridized carbons (Fsp3) is 0.207. The zero-order valence-corrected chi connectivity index (χ0v) is 23.0. The number of carbonyl (C=O) groups excluding carboxylic acids is 1. The van der Waals surface area contributed by atoms with Gasteiger partial charge in [-0.05, 0) is 50.6 Å². The monoisotopic (exact) mass is 559 g/mol. The third-order valence-electron chi connectivity index (χ3n) is 6.47. The molecule has 11 heteroatoms. The molecule has 0 N–H and O–H groups in total. The van der Waals surface area contributed by atoms with Crippen molar-refractivity contribution in [3.63, 3.8) is 0 Å². The van der Waals surface area contributed by atoms with E-state index in [4.69, 9.17) is 13.9 Å². The summed E-state index contributed by atoms with van der Waals surface area (Å²) in [6, 6.07) is 14.5. The van der Waals surface area contributed by atoms with Crippen LogP contribution < -0.4 is 19.6 Å². The molecule has 3 heterocycles. The Balaban J connectivity index is 1.66. The van der Waals surface area contributed by atoms with E-state index in [1.54, 1.807) is 75.4 Å². The zero-order chi connectivity index (χ0) is 28.6. The predicted octanol–water partition coefficient (Wildman–Crippen LogP) is 4.28. The molecule has 0 aliphatic carbocycles. The molecule has 0 spiro atoms. The molecule has 0 radical (unpaired) electrons. The molecular formula is C29H25N3O7S. The van der Waals surface area contributed by atoms with Gasteiger partial charge >= 0.3 is 5.97 Å². The first-order chi connectivity index (χ1) is 19.2. The van der Waals surface area contributed by atoms with E-state index in [2.05, 4.69) is 4.99 Å². The van der Waals surface area contributed by atoms with E-state index >= 15 is 0 Å². The molecule has 5 rings (SSSR count). The number of ether oxygens (including phenoxy) is 2. The molecule has 4 aromatic rings. The second-order valence-electron chi connectivity index (χ2n) is 9.02. The number of esters is 1. The second kappa shape index (κ2) is 10.8. The molecule has 2 aromatic carbocycles. The van der Waals surface area contributed by atoms with Gasteiger partial charge in [0, 0.05) is 17.7 Å². The lowest BCUT2D eigenvalue weighted by Gasteiger charge is -2.25. The van der Waals surface area contributed by atoms with Crippen molar-refractivity contribution in [3.05, 3.63) is 113 Å². The Labute approximate surface area is 232 Å². The van der Waals surface area contributed by atoms with Crippen molar-refractivity contribution < 1.29 is 23.6 Å². The number of nitrogens with zero attached hydrogens (tertiary/aromatic N) is 3. The van der Waals surface area contributed by atoms with Gasteiger partial charge in [-0.3, -0.25) is 19.5 Å². The Morgan fingerprint density at radius 1 is 1.20 bits per heavy atom. The zero-order valence-electron chi connectivity index (χ0n) is 22.2. The molecule has 0 saturated carbocycles. The maximum Gasteiger partial charge on any atom is 0.338 e. The van der Waals surface area contributed by atoms with Gasteiger partial charge in [0.1, 0.15) is 23.3 Å². The van der Waals surface area contributed by atoms with Crippen molar-refractivity contribution in [2.45, 2.75) is 26.8 Å². The third-order valence-corrected chi connectivity index (χ3v) is 7.45. The summed E-state index contributed by atoms with van der Waals surface area (Å²) < 4.78 is 18.6. The lowest BCUT2D eigenvalue weighted by Crippen LogP contribution is -2.40. The average molecular weight is 560 g/mol. The molecule has 0 amide bonds. The van der Waals surface area contributed by atoms with Gasteiger partial charge in [-0.25, -0.2) is 9.79 Å². The first-order valence-electron chi connectivity index (χ1n) is 12.4. The van der Waals surface area contributed by atoms with Crippen LogP contribution in [0.25, 0.3) is 17.4 Å². The summed E-state index contributed by atoms with van der Waals surface area (Å²) in [6.07, 6.45) is 1.57. The number of nitro groups is 1. The Kier molecular flexibility index (Phi) is 7.22. The number of thiazole rings is 1. The van der Waals surface area contributed by atoms with E-state index in [0.717, 1.165) is 16.9 Å². The van der Waals surface area contributed by atoms with Crippen molar-refractivity contribution in [2.24, 2.45) is 4.99 Å². The number of para-hydroxylation sites is 1. The van der Waals surface area contributed by atoms with Crippen LogP contribution in [0.15, 0.2) is 80.1 Å². The molecule has 10 nitrogen and oxygen atoms in total. The van der Waals surface area contributed by atoms with Crippen molar-refractivity contribution in [1.82, 2.24) is 4.57 Å². The number of hydrogen-bond donors (Lipinski definition) is 0. The van der Waals surface area contributed by atoms with Crippen LogP contribution in [0.5, 0.6) is 5.75 Å². The van der Waals surface area contributed by atoms with Gasteiger partial charge in [0.05, 0.1) is 40.0 Å². The quantitative estimate of drug-likeness (QED) is 0.188. The predicted molar refractivity (Wildman–Crippen MR) is 149 cm³/mol. The Bertz CT molecular complexity index is 1860. The molecule has 0 bridgehead atoms. The van der Waals surface area contributed by atoms with E-state index in [1.165, 1.54) is 17.7 Å². The average Bonchev–Trinajstić information content (AvgIpc) is 3.52. The van der Waals surface area contributed by atoms with Crippen LogP contribution in [-0.4, -0.2) is 29.2 Å². The van der Waals surface area contributed by atoms with Crippen LogP contribution in [0.1, 0.15) is 36.8 Å². The fourth-order valence-corrected chi connectivity index (χ4v) is 5.71. The van der Waals surface area contributed by atoms with Crippen molar-refractivity contribution in [3.8, 4) is 17.1 Å². The number of nitro benzene ring substituents is 1. The highest BCUT2D eigenvalue weighted by Gasteiger charge is 2.35. The van der Waals surface area contributed by atoms with Crippen LogP contribution in [0.4, 0.5) is 5.69 Å². The smallest absolute Gasteiger partial charge is 0.338 e. The largest absolute Gasteiger partial charge is 0.496 e. The SMILES string of the molecule is CCOC(=O)C1=C(C)N=c2s/c(=C/c3ccc(-c4ccc(C)cc4[N+](=O)[O-])o3)c(=O)n2[C@H]1c1ccccc1OC. The minimum Gasteiger partial charge on any atom is -0.496 e. The summed E-state index contributed by atoms with van der Waals surface area (Å²) in [7, 11) is 1.52. The molecule has 1 atom stereocenters. The summed E-state index contributed by atoms with van der Waals surface area (Å²) in [4.78, 5) is 43.0. The lowest BCUT2D eigenvalue weighted by molar-refractivity contribution is -0.384. The Morgan fingerprint density at radius 2 is 1.98 bits per heavy atom. The minimum atomic E-state index is -0.823. The second-order valence-corrected chi connectivity index (χ2v) is 10.0. The number of aryl methyl sites for hydroxylation is 1. The number of furan rings is 1. The number of allylic oxidation sites excluding steroid dienone is 1. The van der Waals surface area contributed by atoms with Gasteiger partial charge in [-0.1, -0.05) is 35.6 Å². The van der Waals surface area contributed by atoms with Crippen molar-refractivity contribution in [2.75, 3.05) is 13.7 Å². The molecule has 2 aromatic heterocycles. The maximum absolute atomic E-state index is 13.8. The van der Waals surface area contributed by atoms with Crippen LogP contribution in [-0.2, 0) is 9.53 Å². The number of fused-ring (bicyclic) bond motifs is 1. The Hall–Kier alpha value is -4.77. The summed E-state index contributed by atoms with van der Waals surface area (Å²) in [6.45, 7) is 5.36. The number of carbonyl (C=O) groups is 1. The van der Waals surface area contributed by atoms with Gasteiger partial charge in [0.15, 0.2) is 4.80 Å². The van der Waals surface area contributed by atoms with Gasteiger partial charge < -0.3 is 13.9 Å². The third kappa shape index (κ3) is 4.75. The lowest BCUT2D eigenvalue weighted by atomic mass is 9.95. The van der Waals surface area contributed by atoms with E-state index in [0.29, 0.717) is 43.4 Å². The molecule has 0 saturated heterocycles. The molecular weight excluding hydrogens is 534 g/mol. The van der Waals surface area contributed by atoms with Crippen LogP contribution in [0, 0.1) is 17.0 Å². The van der Waals surface area contributed by atoms with E-state index in [1.807, 2.05) is 0 Å². The fourth-order valence-electron chi connectivity index (χ4n) is 4.68. The standard InChI is InChI=1S/C29H25N3O7S/c1-5-38-28(34)25-17(3)30-29-31(26(25)20-8-6-7-9-22(20)37-4)27(33)24(40-29)15-18-11-13-23(39-18)19-12-10-16(2)14-21(19)32(35)36/h6-15,26H,5H2,1-4H3/b24-15+/t26-/m0/s1. The molecule has 0 fully saturated rings.